The Morgan fingerprint density at radius 3 is 2.07 bits per heavy atom. The fourth-order valence-corrected chi connectivity index (χ4v) is 1.01. The minimum atomic E-state index is -0.833. The van der Waals surface area contributed by atoms with Crippen molar-refractivity contribution in [2.24, 2.45) is 0 Å². The van der Waals surface area contributed by atoms with E-state index in [0.717, 1.165) is 13.3 Å². The minimum Gasteiger partial charge on any atom is -0.481 e. The van der Waals surface area contributed by atoms with Gasteiger partial charge in [0.1, 0.15) is 0 Å². The van der Waals surface area contributed by atoms with Crippen LogP contribution in [-0.2, 0) is 11.2 Å². The van der Waals surface area contributed by atoms with E-state index in [1.807, 2.05) is 0 Å². The number of hydrogen-bond donors (Lipinski definition) is 1. The van der Waals surface area contributed by atoms with Crippen LogP contribution in [0.5, 0.6) is 0 Å². The van der Waals surface area contributed by atoms with Gasteiger partial charge in [0.25, 0.3) is 5.97 Å². The van der Waals surface area contributed by atoms with E-state index < -0.39 is 5.97 Å². The maximum atomic E-state index is 9.00. The van der Waals surface area contributed by atoms with Crippen LogP contribution < -0.4 is 0 Å². The lowest BCUT2D eigenvalue weighted by Crippen LogP contribution is -1.82. The number of hydrogen-bond acceptors (Lipinski definition) is 1. The molecule has 0 radical (unpaired) electrons. The first-order valence-corrected chi connectivity index (χ1v) is 4.32. The van der Waals surface area contributed by atoms with Crippen molar-refractivity contribution in [2.45, 2.75) is 27.2 Å². The molecule has 0 aliphatic rings. The second-order valence-electron chi connectivity index (χ2n) is 2.80. The molecule has 1 aromatic carbocycles. The monoisotopic (exact) mass is 214 g/mol. The van der Waals surface area contributed by atoms with Gasteiger partial charge in [-0.25, -0.2) is 0 Å². The zero-order chi connectivity index (χ0) is 10.3. The number of carboxylic acids is 1. The third-order valence-electron chi connectivity index (χ3n) is 1.64. The first-order valence-electron chi connectivity index (χ1n) is 4.32. The summed E-state index contributed by atoms with van der Waals surface area (Å²) in [5.41, 5.74) is 2.86. The highest BCUT2D eigenvalue weighted by molar-refractivity contribution is 7.59. The fraction of sp³-hybridized carbons (Fsp3) is 0.364. The van der Waals surface area contributed by atoms with E-state index >= 15 is 0 Å². The Bertz CT molecular complexity index is 268. The van der Waals surface area contributed by atoms with Gasteiger partial charge in [-0.15, -0.1) is 0 Å². The normalized spacial score (nSPS) is 7.93. The van der Waals surface area contributed by atoms with Gasteiger partial charge in [-0.2, -0.15) is 13.5 Å². The van der Waals surface area contributed by atoms with E-state index in [1.165, 1.54) is 11.1 Å². The quantitative estimate of drug-likeness (QED) is 0.780. The molecule has 3 heteroatoms. The lowest BCUT2D eigenvalue weighted by molar-refractivity contribution is -0.134. The molecule has 80 valence electrons. The summed E-state index contributed by atoms with van der Waals surface area (Å²) in [6, 6.07) is 8.49. The highest BCUT2D eigenvalue weighted by Gasteiger charge is 1.89. The molecule has 1 rings (SSSR count). The van der Waals surface area contributed by atoms with Crippen molar-refractivity contribution in [3.05, 3.63) is 35.4 Å². The number of benzene rings is 1. The van der Waals surface area contributed by atoms with Crippen LogP contribution in [0.2, 0.25) is 0 Å². The standard InChI is InChI=1S/C9H12.C2H4O2.H2S/c1-3-9-7-5-4-6-8(9)2;1-2(3)4;/h4-7H,3H2,1-2H3;1H3,(H,3,4);1H2. The summed E-state index contributed by atoms with van der Waals surface area (Å²) in [5, 5.41) is 7.42. The van der Waals surface area contributed by atoms with Crippen LogP contribution in [0.4, 0.5) is 0 Å². The lowest BCUT2D eigenvalue weighted by Gasteiger charge is -1.98. The zero-order valence-corrected chi connectivity index (χ0v) is 9.87. The van der Waals surface area contributed by atoms with Crippen molar-refractivity contribution in [1.29, 1.82) is 0 Å². The molecular weight excluding hydrogens is 196 g/mol. The van der Waals surface area contributed by atoms with Crippen molar-refractivity contribution >= 4 is 19.5 Å². The number of aryl methyl sites for hydroxylation is 2. The molecule has 0 aromatic heterocycles. The molecule has 1 N–H and O–H groups in total. The Balaban J connectivity index is 0. The molecular formula is C11H18O2S. The van der Waals surface area contributed by atoms with Crippen LogP contribution in [0.25, 0.3) is 0 Å². The van der Waals surface area contributed by atoms with Crippen molar-refractivity contribution in [3.8, 4) is 0 Å². The molecule has 0 unspecified atom stereocenters. The number of aliphatic carboxylic acids is 1. The molecule has 0 aliphatic heterocycles. The first kappa shape index (κ1) is 15.5. The number of carbonyl (C=O) groups is 1. The van der Waals surface area contributed by atoms with E-state index in [0.29, 0.717) is 0 Å². The Labute approximate surface area is 92.4 Å². The molecule has 0 spiro atoms. The Hall–Kier alpha value is -0.960. The van der Waals surface area contributed by atoms with E-state index in [2.05, 4.69) is 38.1 Å². The van der Waals surface area contributed by atoms with Gasteiger partial charge in [0, 0.05) is 6.92 Å². The van der Waals surface area contributed by atoms with Crippen LogP contribution in [0.3, 0.4) is 0 Å². The summed E-state index contributed by atoms with van der Waals surface area (Å²) in [4.78, 5) is 9.00. The number of rotatable bonds is 1. The maximum absolute atomic E-state index is 9.00. The minimum absolute atomic E-state index is 0. The Kier molecular flexibility index (Phi) is 9.56. The molecule has 0 heterocycles. The van der Waals surface area contributed by atoms with Crippen LogP contribution >= 0.6 is 13.5 Å². The van der Waals surface area contributed by atoms with Crippen molar-refractivity contribution < 1.29 is 9.90 Å². The topological polar surface area (TPSA) is 37.3 Å². The van der Waals surface area contributed by atoms with Crippen molar-refractivity contribution in [1.82, 2.24) is 0 Å². The molecule has 0 saturated carbocycles. The summed E-state index contributed by atoms with van der Waals surface area (Å²) < 4.78 is 0. The van der Waals surface area contributed by atoms with Gasteiger partial charge in [0.05, 0.1) is 0 Å². The van der Waals surface area contributed by atoms with Gasteiger partial charge in [0.2, 0.25) is 0 Å². The van der Waals surface area contributed by atoms with E-state index in [-0.39, 0.29) is 13.5 Å². The largest absolute Gasteiger partial charge is 0.481 e. The van der Waals surface area contributed by atoms with Crippen LogP contribution in [0.1, 0.15) is 25.0 Å². The van der Waals surface area contributed by atoms with Crippen LogP contribution in [0.15, 0.2) is 24.3 Å². The fourth-order valence-electron chi connectivity index (χ4n) is 1.01. The predicted octanol–water partition coefficient (Wildman–Crippen LogP) is 2.76. The highest BCUT2D eigenvalue weighted by atomic mass is 32.1. The maximum Gasteiger partial charge on any atom is 0.300 e. The van der Waals surface area contributed by atoms with Gasteiger partial charge in [-0.1, -0.05) is 31.2 Å². The zero-order valence-electron chi connectivity index (χ0n) is 8.87. The second kappa shape index (κ2) is 8.63. The third-order valence-corrected chi connectivity index (χ3v) is 1.64. The average Bonchev–Trinajstić information content (AvgIpc) is 2.04. The summed E-state index contributed by atoms with van der Waals surface area (Å²) in [6.07, 6.45) is 1.15. The molecule has 0 fully saturated rings. The number of carboxylic acid groups (broad SMARTS) is 1. The van der Waals surface area contributed by atoms with E-state index in [9.17, 15) is 0 Å². The van der Waals surface area contributed by atoms with Gasteiger partial charge in [0.15, 0.2) is 0 Å². The SMILES string of the molecule is CC(=O)O.CCc1ccccc1C.S. The molecule has 0 aliphatic carbocycles. The summed E-state index contributed by atoms with van der Waals surface area (Å²) >= 11 is 0. The average molecular weight is 214 g/mol. The highest BCUT2D eigenvalue weighted by Crippen LogP contribution is 2.06. The Morgan fingerprint density at radius 2 is 1.79 bits per heavy atom. The predicted molar refractivity (Wildman–Crippen MR) is 64.2 cm³/mol. The molecule has 1 aromatic rings. The smallest absolute Gasteiger partial charge is 0.300 e. The summed E-state index contributed by atoms with van der Waals surface area (Å²) in [7, 11) is 0. The van der Waals surface area contributed by atoms with Crippen molar-refractivity contribution in [3.63, 3.8) is 0 Å². The van der Waals surface area contributed by atoms with Crippen molar-refractivity contribution in [2.75, 3.05) is 0 Å². The summed E-state index contributed by atoms with van der Waals surface area (Å²) in [5.74, 6) is -0.833. The molecule has 2 nitrogen and oxygen atoms in total. The molecule has 0 saturated heterocycles. The van der Waals surface area contributed by atoms with E-state index in [4.69, 9.17) is 9.90 Å². The molecule has 14 heavy (non-hydrogen) atoms. The van der Waals surface area contributed by atoms with Crippen LogP contribution in [-0.4, -0.2) is 11.1 Å². The lowest BCUT2D eigenvalue weighted by atomic mass is 10.1. The second-order valence-corrected chi connectivity index (χ2v) is 2.80. The third kappa shape index (κ3) is 7.68. The first-order chi connectivity index (χ1) is 6.07. The van der Waals surface area contributed by atoms with Gasteiger partial charge in [-0.3, -0.25) is 4.79 Å². The van der Waals surface area contributed by atoms with Gasteiger partial charge >= 0.3 is 0 Å². The van der Waals surface area contributed by atoms with Crippen LogP contribution in [0, 0.1) is 6.92 Å². The van der Waals surface area contributed by atoms with E-state index in [1.54, 1.807) is 0 Å². The van der Waals surface area contributed by atoms with Gasteiger partial charge < -0.3 is 5.11 Å². The molecule has 0 bridgehead atoms. The molecule has 0 atom stereocenters. The Morgan fingerprint density at radius 1 is 1.36 bits per heavy atom. The van der Waals surface area contributed by atoms with Gasteiger partial charge in [-0.05, 0) is 24.5 Å². The summed E-state index contributed by atoms with van der Waals surface area (Å²) in [6.45, 7) is 5.42. The molecule has 0 amide bonds.